The minimum Gasteiger partial charge on any atom is -0.467 e. The third-order valence-electron chi connectivity index (χ3n) is 3.09. The second-order valence-corrected chi connectivity index (χ2v) is 7.46. The first-order valence-electron chi connectivity index (χ1n) is 6.88. The smallest absolute Gasteiger partial charge is 0.422 e. The van der Waals surface area contributed by atoms with E-state index >= 15 is 0 Å². The van der Waals surface area contributed by atoms with Gasteiger partial charge in [0.15, 0.2) is 12.4 Å². The van der Waals surface area contributed by atoms with E-state index in [0.29, 0.717) is 0 Å². The van der Waals surface area contributed by atoms with E-state index in [0.717, 1.165) is 5.01 Å². The summed E-state index contributed by atoms with van der Waals surface area (Å²) in [5.74, 6) is -0.551. The number of ketones is 1. The van der Waals surface area contributed by atoms with Crippen molar-refractivity contribution in [3.05, 3.63) is 38.9 Å². The van der Waals surface area contributed by atoms with Gasteiger partial charge in [-0.1, -0.05) is 13.8 Å². The van der Waals surface area contributed by atoms with Crippen molar-refractivity contribution in [2.45, 2.75) is 31.9 Å². The van der Waals surface area contributed by atoms with Gasteiger partial charge in [-0.05, 0) is 28.1 Å². The minimum absolute atomic E-state index is 0.0556. The van der Waals surface area contributed by atoms with Crippen LogP contribution in [-0.4, -0.2) is 28.5 Å². The lowest BCUT2D eigenvalue weighted by Crippen LogP contribution is -2.23. The number of hydrogen-bond acceptors (Lipinski definition) is 5. The van der Waals surface area contributed by atoms with E-state index in [9.17, 15) is 18.0 Å². The van der Waals surface area contributed by atoms with Crippen molar-refractivity contribution in [3.63, 3.8) is 0 Å². The van der Waals surface area contributed by atoms with E-state index in [1.54, 1.807) is 6.20 Å². The predicted octanol–water partition coefficient (Wildman–Crippen LogP) is 4.79. The summed E-state index contributed by atoms with van der Waals surface area (Å²) in [7, 11) is 0. The SMILES string of the molecule is CC(C)(CC(=O)c1ccc(Br)c(OCC(F)(F)F)n1)c1nccs1. The summed E-state index contributed by atoms with van der Waals surface area (Å²) in [6.07, 6.45) is -2.69. The number of aromatic nitrogens is 2. The fourth-order valence-electron chi connectivity index (χ4n) is 1.96. The van der Waals surface area contributed by atoms with Gasteiger partial charge in [-0.25, -0.2) is 9.97 Å². The molecule has 130 valence electrons. The molecule has 0 atom stereocenters. The highest BCUT2D eigenvalue weighted by Gasteiger charge is 2.30. The molecule has 9 heteroatoms. The number of thiazole rings is 1. The summed E-state index contributed by atoms with van der Waals surface area (Å²) in [5, 5.41) is 2.63. The van der Waals surface area contributed by atoms with Gasteiger partial charge in [0, 0.05) is 23.4 Å². The number of rotatable bonds is 6. The highest BCUT2D eigenvalue weighted by atomic mass is 79.9. The molecule has 0 fully saturated rings. The fraction of sp³-hybridized carbons (Fsp3) is 0.400. The van der Waals surface area contributed by atoms with Crippen molar-refractivity contribution < 1.29 is 22.7 Å². The minimum atomic E-state index is -4.48. The molecule has 0 spiro atoms. The molecule has 0 amide bonds. The maximum Gasteiger partial charge on any atom is 0.422 e. The lowest BCUT2D eigenvalue weighted by atomic mass is 9.87. The summed E-state index contributed by atoms with van der Waals surface area (Å²) in [5.41, 5.74) is -0.438. The summed E-state index contributed by atoms with van der Waals surface area (Å²) < 4.78 is 41.7. The molecule has 0 aliphatic carbocycles. The zero-order chi connectivity index (χ0) is 18.0. The number of carbonyl (C=O) groups is 1. The third kappa shape index (κ3) is 5.01. The quantitative estimate of drug-likeness (QED) is 0.627. The number of nitrogens with zero attached hydrogens (tertiary/aromatic N) is 2. The average Bonchev–Trinajstić information content (AvgIpc) is 3.00. The number of pyridine rings is 1. The van der Waals surface area contributed by atoms with E-state index in [1.807, 2.05) is 19.2 Å². The molecule has 0 saturated heterocycles. The largest absolute Gasteiger partial charge is 0.467 e. The highest BCUT2D eigenvalue weighted by molar-refractivity contribution is 9.10. The molecule has 0 bridgehead atoms. The van der Waals surface area contributed by atoms with Gasteiger partial charge in [-0.15, -0.1) is 11.3 Å². The van der Waals surface area contributed by atoms with Crippen LogP contribution < -0.4 is 4.74 Å². The van der Waals surface area contributed by atoms with E-state index in [1.165, 1.54) is 23.5 Å². The van der Waals surface area contributed by atoms with Crippen LogP contribution in [0.3, 0.4) is 0 Å². The van der Waals surface area contributed by atoms with Gasteiger partial charge in [-0.3, -0.25) is 4.79 Å². The molecule has 2 aromatic rings. The Bertz CT molecular complexity index is 718. The lowest BCUT2D eigenvalue weighted by Gasteiger charge is -2.20. The van der Waals surface area contributed by atoms with Crippen molar-refractivity contribution in [1.29, 1.82) is 0 Å². The zero-order valence-corrected chi connectivity index (χ0v) is 15.3. The van der Waals surface area contributed by atoms with Crippen LogP contribution in [-0.2, 0) is 5.41 Å². The monoisotopic (exact) mass is 422 g/mol. The Morgan fingerprint density at radius 1 is 1.33 bits per heavy atom. The molecule has 24 heavy (non-hydrogen) atoms. The van der Waals surface area contributed by atoms with Gasteiger partial charge in [0.2, 0.25) is 5.88 Å². The Kier molecular flexibility index (Phi) is 5.64. The second-order valence-electron chi connectivity index (χ2n) is 5.71. The standard InChI is InChI=1S/C15H14BrF3N2O2S/c1-14(2,13-20-5-6-24-13)7-11(22)10-4-3-9(16)12(21-10)23-8-15(17,18)19/h3-6H,7-8H2,1-2H3. The number of ether oxygens (including phenoxy) is 1. The van der Waals surface area contributed by atoms with Gasteiger partial charge in [0.05, 0.1) is 9.48 Å². The zero-order valence-electron chi connectivity index (χ0n) is 12.9. The molecule has 0 radical (unpaired) electrons. The van der Waals surface area contributed by atoms with Crippen molar-refractivity contribution >= 4 is 33.0 Å². The van der Waals surface area contributed by atoms with Crippen LogP contribution in [0.2, 0.25) is 0 Å². The van der Waals surface area contributed by atoms with Crippen molar-refractivity contribution in [1.82, 2.24) is 9.97 Å². The topological polar surface area (TPSA) is 52.1 Å². The molecule has 0 aromatic carbocycles. The molecule has 0 N–H and O–H groups in total. The van der Waals surface area contributed by atoms with Gasteiger partial charge in [0.25, 0.3) is 0 Å². The van der Waals surface area contributed by atoms with E-state index in [-0.39, 0.29) is 28.3 Å². The van der Waals surface area contributed by atoms with Crippen molar-refractivity contribution in [2.75, 3.05) is 6.61 Å². The van der Waals surface area contributed by atoms with E-state index in [2.05, 4.69) is 30.6 Å². The molecule has 0 unspecified atom stereocenters. The summed E-state index contributed by atoms with van der Waals surface area (Å²) in [6, 6.07) is 2.90. The number of hydrogen-bond donors (Lipinski definition) is 0. The van der Waals surface area contributed by atoms with E-state index in [4.69, 9.17) is 0 Å². The van der Waals surface area contributed by atoms with Crippen LogP contribution in [0.1, 0.15) is 35.8 Å². The summed E-state index contributed by atoms with van der Waals surface area (Å²) >= 11 is 4.51. The Morgan fingerprint density at radius 3 is 2.62 bits per heavy atom. The first-order chi connectivity index (χ1) is 11.1. The van der Waals surface area contributed by atoms with Gasteiger partial charge in [-0.2, -0.15) is 13.2 Å². The van der Waals surface area contributed by atoms with Crippen LogP contribution >= 0.6 is 27.3 Å². The van der Waals surface area contributed by atoms with E-state index < -0.39 is 18.2 Å². The summed E-state index contributed by atoms with van der Waals surface area (Å²) in [6.45, 7) is 2.29. The second kappa shape index (κ2) is 7.18. The Hall–Kier alpha value is -1.48. The molecule has 2 aromatic heterocycles. The number of halogens is 4. The first-order valence-corrected chi connectivity index (χ1v) is 8.55. The molecule has 0 aliphatic heterocycles. The predicted molar refractivity (Wildman–Crippen MR) is 87.6 cm³/mol. The Labute approximate surface area is 149 Å². The normalized spacial score (nSPS) is 12.2. The molecule has 0 aliphatic rings. The van der Waals surface area contributed by atoms with Crippen LogP contribution in [0.5, 0.6) is 5.88 Å². The van der Waals surface area contributed by atoms with Crippen LogP contribution in [0, 0.1) is 0 Å². The Balaban J connectivity index is 2.15. The van der Waals surface area contributed by atoms with Crippen LogP contribution in [0.4, 0.5) is 13.2 Å². The first kappa shape index (κ1) is 18.9. The molecular formula is C15H14BrF3N2O2S. The van der Waals surface area contributed by atoms with Crippen molar-refractivity contribution in [2.24, 2.45) is 0 Å². The van der Waals surface area contributed by atoms with Gasteiger partial charge < -0.3 is 4.74 Å². The Morgan fingerprint density at radius 2 is 2.04 bits per heavy atom. The number of carbonyl (C=O) groups excluding carboxylic acids is 1. The molecule has 0 saturated carbocycles. The molecule has 2 heterocycles. The third-order valence-corrected chi connectivity index (χ3v) is 4.83. The van der Waals surface area contributed by atoms with Gasteiger partial charge >= 0.3 is 6.18 Å². The van der Waals surface area contributed by atoms with Crippen molar-refractivity contribution in [3.8, 4) is 5.88 Å². The van der Waals surface area contributed by atoms with Gasteiger partial charge in [0.1, 0.15) is 5.69 Å². The number of alkyl halides is 3. The highest BCUT2D eigenvalue weighted by Crippen LogP contribution is 2.31. The lowest BCUT2D eigenvalue weighted by molar-refractivity contribution is -0.154. The molecule has 4 nitrogen and oxygen atoms in total. The fourth-order valence-corrected chi connectivity index (χ4v) is 3.05. The number of Topliss-reactive ketones (excluding diaryl/α,β-unsaturated/α-hetero) is 1. The van der Waals surface area contributed by atoms with Crippen LogP contribution in [0.15, 0.2) is 28.2 Å². The average molecular weight is 423 g/mol. The molecular weight excluding hydrogens is 409 g/mol. The summed E-state index contributed by atoms with van der Waals surface area (Å²) in [4.78, 5) is 20.6. The van der Waals surface area contributed by atoms with Crippen LogP contribution in [0.25, 0.3) is 0 Å². The molecule has 2 rings (SSSR count). The maximum atomic E-state index is 12.4. The maximum absolute atomic E-state index is 12.4.